The van der Waals surface area contributed by atoms with E-state index in [1.54, 1.807) is 38.3 Å². The van der Waals surface area contributed by atoms with E-state index in [0.717, 1.165) is 6.08 Å². The number of aliphatic hydroxyl groups excluding tert-OH is 1. The number of Topliss-reactive ketones (excluding diaryl/α,β-unsaturated/α-hetero) is 1. The zero-order valence-corrected chi connectivity index (χ0v) is 31.6. The normalized spacial score (nSPS) is 28.9. The highest BCUT2D eigenvalue weighted by Gasteiger charge is 2.33. The number of aliphatic hydroxyl groups is 1. The van der Waals surface area contributed by atoms with Gasteiger partial charge in [-0.05, 0) is 38.2 Å². The molecule has 2 amide bonds. The maximum atomic E-state index is 13.8. The summed E-state index contributed by atoms with van der Waals surface area (Å²) in [4.78, 5) is 52.2. The van der Waals surface area contributed by atoms with Crippen molar-refractivity contribution < 1.29 is 43.2 Å². The Balaban J connectivity index is 2.48. The molecule has 50 heavy (non-hydrogen) atoms. The Kier molecular flexibility index (Phi) is 17.9. The van der Waals surface area contributed by atoms with E-state index in [-0.39, 0.29) is 54.6 Å². The van der Waals surface area contributed by atoms with Crippen LogP contribution in [0, 0.1) is 11.8 Å². The number of carbonyl (C=O) groups is 4. The SMILES string of the molecule is CO[C@H]1/C=C\C=C(/C)C(=O)NC2=CC(=O)C(NCCOC/C(N)=C/N(N)CI)=C(C[C@@H](C)C[C@H](OC)[C@H](O)[C@@H](C)/C=C(\C)[C@@H]1OC(N)=O)C2=O. The molecule has 9 N–H and O–H groups in total. The lowest BCUT2D eigenvalue weighted by Crippen LogP contribution is -2.38. The van der Waals surface area contributed by atoms with Gasteiger partial charge >= 0.3 is 6.09 Å². The first-order chi connectivity index (χ1) is 23.6. The van der Waals surface area contributed by atoms with Gasteiger partial charge < -0.3 is 51.2 Å². The van der Waals surface area contributed by atoms with Crippen LogP contribution in [0.5, 0.6) is 0 Å². The summed E-state index contributed by atoms with van der Waals surface area (Å²) < 4.78 is 22.8. The molecule has 0 saturated heterocycles. The third-order valence-electron chi connectivity index (χ3n) is 8.08. The number of amides is 2. The van der Waals surface area contributed by atoms with Crippen LogP contribution in [-0.2, 0) is 33.3 Å². The van der Waals surface area contributed by atoms with Crippen molar-refractivity contribution in [2.75, 3.05) is 38.5 Å². The van der Waals surface area contributed by atoms with Crippen LogP contribution in [-0.4, -0.2) is 96.6 Å². The number of allylic oxidation sites excluding steroid dienone is 4. The summed E-state index contributed by atoms with van der Waals surface area (Å²) in [6.45, 7) is 7.40. The first kappa shape index (κ1) is 42.6. The number of hydrogen-bond acceptors (Lipinski definition) is 13. The lowest BCUT2D eigenvalue weighted by molar-refractivity contribution is -0.120. The Morgan fingerprint density at radius 1 is 1.18 bits per heavy atom. The predicted molar refractivity (Wildman–Crippen MR) is 196 cm³/mol. The lowest BCUT2D eigenvalue weighted by atomic mass is 9.85. The van der Waals surface area contributed by atoms with Gasteiger partial charge in [-0.25, -0.2) is 10.6 Å². The third kappa shape index (κ3) is 13.0. The van der Waals surface area contributed by atoms with Gasteiger partial charge in [0.1, 0.15) is 6.10 Å². The van der Waals surface area contributed by atoms with Crippen LogP contribution in [0.25, 0.3) is 0 Å². The van der Waals surface area contributed by atoms with Gasteiger partial charge in [0, 0.05) is 50.1 Å². The number of carbonyl (C=O) groups excluding carboxylic acids is 4. The molecule has 0 radical (unpaired) electrons. The molecule has 6 atom stereocenters. The van der Waals surface area contributed by atoms with Crippen LogP contribution in [0.2, 0.25) is 0 Å². The first-order valence-corrected chi connectivity index (χ1v) is 17.6. The number of alkyl halides is 1. The number of methoxy groups -OCH3 is 2. The largest absolute Gasteiger partial charge is 0.439 e. The molecule has 0 aromatic rings. The summed E-state index contributed by atoms with van der Waals surface area (Å²) >= 11 is 2.09. The van der Waals surface area contributed by atoms with Gasteiger partial charge in [0.05, 0.1) is 47.1 Å². The molecule has 1 aliphatic heterocycles. The third-order valence-corrected chi connectivity index (χ3v) is 8.87. The topological polar surface area (TPSA) is 231 Å². The minimum absolute atomic E-state index is 0.0960. The Labute approximate surface area is 307 Å². The van der Waals surface area contributed by atoms with Crippen LogP contribution in [0.15, 0.2) is 70.4 Å². The smallest absolute Gasteiger partial charge is 0.405 e. The van der Waals surface area contributed by atoms with Crippen LogP contribution in [0.4, 0.5) is 4.79 Å². The van der Waals surface area contributed by atoms with Gasteiger partial charge in [-0.2, -0.15) is 0 Å². The second kappa shape index (κ2) is 21.0. The Morgan fingerprint density at radius 2 is 1.88 bits per heavy atom. The molecule has 15 nitrogen and oxygen atoms in total. The molecule has 1 heterocycles. The molecule has 1 aliphatic carbocycles. The van der Waals surface area contributed by atoms with Crippen LogP contribution < -0.4 is 27.9 Å². The number of primary amides is 1. The quantitative estimate of drug-likeness (QED) is 0.0256. The van der Waals surface area contributed by atoms with Gasteiger partial charge in [-0.1, -0.05) is 60.7 Å². The standard InChI is InChI=1S/C34H51IN6O9/c1-19-12-24-29(39-10-11-49-17-23(36)16-41(38)18-35)26(42)15-25(31(24)44)40-33(45)20(2)8-7-9-27(47-5)32(50-34(37)46)22(4)14-21(3)30(43)28(13-19)48-6/h7-9,14-16,19,21,27-28,30,32,39,43H,10-13,17-18,36,38H2,1-6H3,(H2,37,46)(H,40,45)/b9-7-,20-8+,22-14+,23-16-/t19-,21+,27+,28+,30-,32+/m1/s1. The van der Waals surface area contributed by atoms with E-state index in [0.29, 0.717) is 22.2 Å². The maximum Gasteiger partial charge on any atom is 0.405 e. The average Bonchev–Trinajstić information content (AvgIpc) is 3.06. The average molecular weight is 815 g/mol. The highest BCUT2D eigenvalue weighted by atomic mass is 127. The Morgan fingerprint density at radius 3 is 2.50 bits per heavy atom. The first-order valence-electron chi connectivity index (χ1n) is 16.1. The monoisotopic (exact) mass is 814 g/mol. The summed E-state index contributed by atoms with van der Waals surface area (Å²) in [7, 11) is 2.90. The van der Waals surface area contributed by atoms with E-state index >= 15 is 0 Å². The van der Waals surface area contributed by atoms with Crippen molar-refractivity contribution in [1.29, 1.82) is 0 Å². The number of rotatable bonds is 11. The summed E-state index contributed by atoms with van der Waals surface area (Å²) in [5.41, 5.74) is 12.6. The number of halogens is 1. The highest BCUT2D eigenvalue weighted by molar-refractivity contribution is 14.1. The van der Waals surface area contributed by atoms with Crippen molar-refractivity contribution in [1.82, 2.24) is 15.6 Å². The van der Waals surface area contributed by atoms with E-state index in [1.165, 1.54) is 32.2 Å². The van der Waals surface area contributed by atoms with Crippen molar-refractivity contribution >= 4 is 46.2 Å². The minimum atomic E-state index is -1.01. The zero-order valence-electron chi connectivity index (χ0n) is 29.4. The summed E-state index contributed by atoms with van der Waals surface area (Å²) in [6.07, 6.45) is 5.04. The van der Waals surface area contributed by atoms with Crippen LogP contribution in [0.3, 0.4) is 0 Å². The number of fused-ring (bicyclic) bond motifs is 2. The molecule has 2 bridgehead atoms. The van der Waals surface area contributed by atoms with Crippen molar-refractivity contribution in [3.63, 3.8) is 0 Å². The number of hydrazine groups is 1. The molecule has 0 spiro atoms. The van der Waals surface area contributed by atoms with E-state index < -0.39 is 53.9 Å². The number of nitrogens with two attached hydrogens (primary N) is 3. The number of nitrogens with zero attached hydrogens (tertiary/aromatic N) is 1. The molecule has 2 aliphatic rings. The van der Waals surface area contributed by atoms with Crippen molar-refractivity contribution in [3.8, 4) is 0 Å². The van der Waals surface area contributed by atoms with E-state index in [9.17, 15) is 24.3 Å². The van der Waals surface area contributed by atoms with Crippen molar-refractivity contribution in [3.05, 3.63) is 70.4 Å². The number of ketones is 2. The van der Waals surface area contributed by atoms with E-state index in [1.807, 2.05) is 6.92 Å². The zero-order chi connectivity index (χ0) is 37.5. The Hall–Kier alpha value is -3.55. The molecule has 0 fully saturated rings. The molecule has 0 saturated carbocycles. The lowest BCUT2D eigenvalue weighted by Gasteiger charge is -2.30. The van der Waals surface area contributed by atoms with Gasteiger partial charge in [0.15, 0.2) is 6.10 Å². The summed E-state index contributed by atoms with van der Waals surface area (Å²) in [6, 6.07) is 0. The van der Waals surface area contributed by atoms with Gasteiger partial charge in [-0.15, -0.1) is 0 Å². The molecule has 0 unspecified atom stereocenters. The fraction of sp³-hybridized carbons (Fsp3) is 0.529. The maximum absolute atomic E-state index is 13.8. The molecular formula is C34H51IN6O9. The second-order valence-electron chi connectivity index (χ2n) is 12.2. The van der Waals surface area contributed by atoms with Gasteiger partial charge in [0.2, 0.25) is 11.6 Å². The number of nitrogens with one attached hydrogen (secondary N) is 2. The molecule has 278 valence electrons. The molecule has 16 heteroatoms. The molecule has 0 aromatic carbocycles. The van der Waals surface area contributed by atoms with Crippen molar-refractivity contribution in [2.24, 2.45) is 29.1 Å². The van der Waals surface area contributed by atoms with Crippen molar-refractivity contribution in [2.45, 2.75) is 65.0 Å². The predicted octanol–water partition coefficient (Wildman–Crippen LogP) is 1.74. The Bertz CT molecular complexity index is 1420. The highest BCUT2D eigenvalue weighted by Crippen LogP contribution is 2.29. The fourth-order valence-corrected chi connectivity index (χ4v) is 5.70. The van der Waals surface area contributed by atoms with E-state index in [2.05, 4.69) is 33.2 Å². The van der Waals surface area contributed by atoms with Gasteiger partial charge in [-0.3, -0.25) is 14.4 Å². The summed E-state index contributed by atoms with van der Waals surface area (Å²) in [5, 5.41) is 18.4. The fourth-order valence-electron chi connectivity index (χ4n) is 5.50. The van der Waals surface area contributed by atoms with Gasteiger partial charge in [0.25, 0.3) is 5.91 Å². The molecule has 0 aromatic heterocycles. The molecular weight excluding hydrogens is 763 g/mol. The summed E-state index contributed by atoms with van der Waals surface area (Å²) in [5.74, 6) is 3.38. The second-order valence-corrected chi connectivity index (χ2v) is 12.9. The molecule has 2 rings (SSSR count). The van der Waals surface area contributed by atoms with Crippen LogP contribution >= 0.6 is 22.6 Å². The van der Waals surface area contributed by atoms with Crippen LogP contribution in [0.1, 0.15) is 40.5 Å². The van der Waals surface area contributed by atoms with E-state index in [4.69, 9.17) is 36.3 Å². The number of hydrogen-bond donors (Lipinski definition) is 6. The number of ether oxygens (including phenoxy) is 4. The minimum Gasteiger partial charge on any atom is -0.439 e.